The Morgan fingerprint density at radius 1 is 1.62 bits per heavy atom. The van der Waals surface area contributed by atoms with Crippen molar-refractivity contribution >= 4 is 12.1 Å². The fourth-order valence-electron chi connectivity index (χ4n) is 0.398. The zero-order chi connectivity index (χ0) is 5.82. The second kappa shape index (κ2) is 2.24. The molecule has 0 amide bonds. The lowest BCUT2D eigenvalue weighted by Gasteiger charge is -1.78. The van der Waals surface area contributed by atoms with Gasteiger partial charge in [0.05, 0.1) is 6.21 Å². The Kier molecular flexibility index (Phi) is 1.40. The average molecular weight is 106 g/mol. The Bertz CT molecular complexity index is 193. The average Bonchev–Trinajstić information content (AvgIpc) is 1.94. The second-order valence-corrected chi connectivity index (χ2v) is 1.55. The SMILES string of the molecule is CC1=CC=C=NN=C1. The summed E-state index contributed by atoms with van der Waals surface area (Å²) in [6.45, 7) is 1.96. The number of rotatable bonds is 0. The third kappa shape index (κ3) is 1.17. The van der Waals surface area contributed by atoms with Crippen LogP contribution in [0.1, 0.15) is 6.92 Å². The third-order valence-corrected chi connectivity index (χ3v) is 0.798. The maximum atomic E-state index is 3.64. The van der Waals surface area contributed by atoms with E-state index in [1.165, 1.54) is 0 Å². The van der Waals surface area contributed by atoms with Crippen LogP contribution in [0.15, 0.2) is 27.9 Å². The minimum Gasteiger partial charge on any atom is -0.150 e. The number of allylic oxidation sites excluding steroid dienone is 3. The van der Waals surface area contributed by atoms with Gasteiger partial charge in [-0.2, -0.15) is 5.10 Å². The molecule has 0 radical (unpaired) electrons. The molecule has 0 bridgehead atoms. The van der Waals surface area contributed by atoms with Crippen LogP contribution in [0, 0.1) is 0 Å². The highest BCUT2D eigenvalue weighted by molar-refractivity contribution is 5.80. The molecular formula is C6H6N2. The van der Waals surface area contributed by atoms with Crippen LogP contribution in [0.4, 0.5) is 0 Å². The zero-order valence-corrected chi connectivity index (χ0v) is 4.63. The van der Waals surface area contributed by atoms with Crippen molar-refractivity contribution < 1.29 is 0 Å². The summed E-state index contributed by atoms with van der Waals surface area (Å²) in [5.74, 6) is 2.60. The molecule has 0 N–H and O–H groups in total. The number of hydrogen-bond donors (Lipinski definition) is 0. The summed E-state index contributed by atoms with van der Waals surface area (Å²) in [7, 11) is 0. The highest BCUT2D eigenvalue weighted by atomic mass is 15.2. The summed E-state index contributed by atoms with van der Waals surface area (Å²) in [5, 5.41) is 7.17. The van der Waals surface area contributed by atoms with Crippen molar-refractivity contribution in [2.45, 2.75) is 6.92 Å². The quantitative estimate of drug-likeness (QED) is 0.442. The molecule has 0 atom stereocenters. The smallest absolute Gasteiger partial charge is 0.0532 e. The Morgan fingerprint density at radius 2 is 2.50 bits per heavy atom. The van der Waals surface area contributed by atoms with Gasteiger partial charge in [-0.1, -0.05) is 0 Å². The van der Waals surface area contributed by atoms with Crippen molar-refractivity contribution in [2.75, 3.05) is 0 Å². The zero-order valence-electron chi connectivity index (χ0n) is 4.63. The summed E-state index contributed by atoms with van der Waals surface area (Å²) in [4.78, 5) is 0. The molecule has 0 aromatic heterocycles. The van der Waals surface area contributed by atoms with Gasteiger partial charge in [0.1, 0.15) is 0 Å². The van der Waals surface area contributed by atoms with Crippen LogP contribution in [0.25, 0.3) is 0 Å². The normalized spacial score (nSPS) is 15.9. The molecule has 0 spiro atoms. The van der Waals surface area contributed by atoms with E-state index in [0.29, 0.717) is 0 Å². The molecule has 0 unspecified atom stereocenters. The molecule has 0 aromatic carbocycles. The maximum absolute atomic E-state index is 3.64. The minimum absolute atomic E-state index is 1.10. The van der Waals surface area contributed by atoms with Gasteiger partial charge in [-0.25, -0.2) is 0 Å². The first kappa shape index (κ1) is 5.01. The van der Waals surface area contributed by atoms with Gasteiger partial charge in [0.2, 0.25) is 0 Å². The molecule has 0 saturated carbocycles. The summed E-state index contributed by atoms with van der Waals surface area (Å²) >= 11 is 0. The van der Waals surface area contributed by atoms with Gasteiger partial charge in [0.25, 0.3) is 0 Å². The molecule has 2 heteroatoms. The van der Waals surface area contributed by atoms with Crippen molar-refractivity contribution in [1.82, 2.24) is 0 Å². The van der Waals surface area contributed by atoms with Gasteiger partial charge >= 0.3 is 0 Å². The first-order valence-corrected chi connectivity index (χ1v) is 2.38. The van der Waals surface area contributed by atoms with Crippen LogP contribution < -0.4 is 0 Å². The number of nitrogens with zero attached hydrogens (tertiary/aromatic N) is 2. The Labute approximate surface area is 47.9 Å². The Hall–Kier alpha value is -1.14. The molecule has 8 heavy (non-hydrogen) atoms. The number of hydrogen-bond acceptors (Lipinski definition) is 2. The van der Waals surface area contributed by atoms with E-state index >= 15 is 0 Å². The first-order valence-electron chi connectivity index (χ1n) is 2.38. The predicted octanol–water partition coefficient (Wildman–Crippen LogP) is 1.16. The maximum Gasteiger partial charge on any atom is 0.0532 e. The van der Waals surface area contributed by atoms with Gasteiger partial charge in [-0.15, -0.1) is 5.10 Å². The molecule has 1 heterocycles. The van der Waals surface area contributed by atoms with Crippen molar-refractivity contribution in [3.8, 4) is 0 Å². The molecule has 1 rings (SSSR count). The second-order valence-electron chi connectivity index (χ2n) is 1.55. The van der Waals surface area contributed by atoms with Crippen molar-refractivity contribution in [2.24, 2.45) is 10.2 Å². The van der Waals surface area contributed by atoms with Crippen LogP contribution in [0.2, 0.25) is 0 Å². The molecule has 0 aliphatic carbocycles. The van der Waals surface area contributed by atoms with E-state index in [1.807, 2.05) is 13.0 Å². The lowest BCUT2D eigenvalue weighted by molar-refractivity contribution is 1.27. The molecule has 1 aliphatic rings. The molecule has 0 fully saturated rings. The van der Waals surface area contributed by atoms with E-state index < -0.39 is 0 Å². The van der Waals surface area contributed by atoms with Crippen molar-refractivity contribution in [3.63, 3.8) is 0 Å². The van der Waals surface area contributed by atoms with E-state index in [-0.39, 0.29) is 0 Å². The first-order chi connectivity index (χ1) is 3.89. The monoisotopic (exact) mass is 106 g/mol. The topological polar surface area (TPSA) is 24.7 Å². The molecule has 0 aromatic rings. The van der Waals surface area contributed by atoms with Gasteiger partial charge in [-0.05, 0) is 18.6 Å². The van der Waals surface area contributed by atoms with Crippen LogP contribution in [-0.4, -0.2) is 12.1 Å². The third-order valence-electron chi connectivity index (χ3n) is 0.798. The Morgan fingerprint density at radius 3 is 3.38 bits per heavy atom. The highest BCUT2D eigenvalue weighted by Gasteiger charge is 1.78. The lowest BCUT2D eigenvalue weighted by atomic mass is 10.3. The summed E-state index contributed by atoms with van der Waals surface area (Å²) in [6, 6.07) is 0. The van der Waals surface area contributed by atoms with Gasteiger partial charge in [-0.3, -0.25) is 0 Å². The lowest BCUT2D eigenvalue weighted by Crippen LogP contribution is -1.71. The Balaban J connectivity index is 2.90. The van der Waals surface area contributed by atoms with E-state index in [0.717, 1.165) is 5.57 Å². The predicted molar refractivity (Wildman–Crippen MR) is 34.3 cm³/mol. The van der Waals surface area contributed by atoms with E-state index in [1.54, 1.807) is 12.3 Å². The van der Waals surface area contributed by atoms with Gasteiger partial charge in [0.15, 0.2) is 0 Å². The molecule has 0 saturated heterocycles. The van der Waals surface area contributed by atoms with E-state index in [2.05, 4.69) is 16.1 Å². The molecular weight excluding hydrogens is 100 g/mol. The summed E-state index contributed by atoms with van der Waals surface area (Å²) in [6.07, 6.45) is 5.33. The van der Waals surface area contributed by atoms with Crippen molar-refractivity contribution in [1.29, 1.82) is 0 Å². The minimum atomic E-state index is 1.10. The van der Waals surface area contributed by atoms with E-state index in [4.69, 9.17) is 0 Å². The summed E-state index contributed by atoms with van der Waals surface area (Å²) in [5.41, 5.74) is 1.10. The largest absolute Gasteiger partial charge is 0.150 e. The molecule has 1 aliphatic heterocycles. The van der Waals surface area contributed by atoms with Crippen LogP contribution >= 0.6 is 0 Å². The van der Waals surface area contributed by atoms with Crippen molar-refractivity contribution in [3.05, 3.63) is 17.7 Å². The fraction of sp³-hybridized carbons (Fsp3) is 0.167. The van der Waals surface area contributed by atoms with Gasteiger partial charge < -0.3 is 0 Å². The van der Waals surface area contributed by atoms with Crippen LogP contribution in [0.5, 0.6) is 0 Å². The summed E-state index contributed by atoms with van der Waals surface area (Å²) < 4.78 is 0. The molecule has 40 valence electrons. The molecule has 2 nitrogen and oxygen atoms in total. The van der Waals surface area contributed by atoms with E-state index in [9.17, 15) is 0 Å². The standard InChI is InChI=1S/C6H6N2/c1-6-3-2-4-7-8-5-6/h2-3,5H,1H3. The highest BCUT2D eigenvalue weighted by Crippen LogP contribution is 1.89. The fourth-order valence-corrected chi connectivity index (χ4v) is 0.398. The van der Waals surface area contributed by atoms with Crippen LogP contribution in [-0.2, 0) is 0 Å². The van der Waals surface area contributed by atoms with Crippen LogP contribution in [0.3, 0.4) is 0 Å². The van der Waals surface area contributed by atoms with Gasteiger partial charge in [0, 0.05) is 11.9 Å².